The van der Waals surface area contributed by atoms with E-state index in [0.29, 0.717) is 22.5 Å². The lowest BCUT2D eigenvalue weighted by Gasteiger charge is -2.07. The van der Waals surface area contributed by atoms with Crippen LogP contribution < -0.4 is 11.1 Å². The second-order valence-electron chi connectivity index (χ2n) is 4.16. The van der Waals surface area contributed by atoms with Gasteiger partial charge in [0.05, 0.1) is 5.69 Å². The minimum atomic E-state index is -0.352. The molecular weight excluding hydrogens is 245 g/mol. The number of nitrogens with zero attached hydrogens (tertiary/aromatic N) is 1. The summed E-state index contributed by atoms with van der Waals surface area (Å²) in [6.45, 7) is 1.93. The van der Waals surface area contributed by atoms with Gasteiger partial charge in [0.2, 0.25) is 0 Å². The molecule has 2 rings (SSSR count). The molecule has 0 unspecified atom stereocenters. The molecule has 1 aromatic heterocycles. The zero-order valence-corrected chi connectivity index (χ0v) is 10.5. The Bertz CT molecular complexity index is 613. The van der Waals surface area contributed by atoms with E-state index < -0.39 is 0 Å². The number of aryl methyl sites for hydroxylation is 1. The molecule has 0 aliphatic rings. The number of hydrogen-bond acceptors (Lipinski definition) is 3. The van der Waals surface area contributed by atoms with Crippen LogP contribution in [-0.4, -0.2) is 10.9 Å². The molecule has 0 bridgehead atoms. The molecule has 0 aliphatic carbocycles. The molecule has 1 amide bonds. The van der Waals surface area contributed by atoms with E-state index in [4.69, 9.17) is 5.73 Å². The molecule has 1 aromatic carbocycles. The van der Waals surface area contributed by atoms with Crippen molar-refractivity contribution in [3.05, 3.63) is 59.2 Å². The maximum atomic E-state index is 13.4. The minimum Gasteiger partial charge on any atom is -0.325 e. The first-order valence-electron chi connectivity index (χ1n) is 5.82. The fourth-order valence-electron chi connectivity index (χ4n) is 1.60. The molecule has 2 aromatic rings. The molecule has 0 aliphatic heterocycles. The molecule has 19 heavy (non-hydrogen) atoms. The first-order valence-corrected chi connectivity index (χ1v) is 5.82. The highest BCUT2D eigenvalue weighted by Gasteiger charge is 2.08. The van der Waals surface area contributed by atoms with Gasteiger partial charge >= 0.3 is 0 Å². The summed E-state index contributed by atoms with van der Waals surface area (Å²) in [6, 6.07) is 7.75. The van der Waals surface area contributed by atoms with E-state index in [1.54, 1.807) is 31.2 Å². The second-order valence-corrected chi connectivity index (χ2v) is 4.16. The Morgan fingerprint density at radius 1 is 1.37 bits per heavy atom. The van der Waals surface area contributed by atoms with Crippen molar-refractivity contribution in [1.82, 2.24) is 4.98 Å². The zero-order valence-electron chi connectivity index (χ0n) is 10.5. The molecule has 4 nitrogen and oxygen atoms in total. The van der Waals surface area contributed by atoms with E-state index in [1.165, 1.54) is 12.3 Å². The second kappa shape index (κ2) is 5.58. The molecule has 0 radical (unpaired) electrons. The highest BCUT2D eigenvalue weighted by atomic mass is 19.1. The Labute approximate surface area is 110 Å². The summed E-state index contributed by atoms with van der Waals surface area (Å²) < 4.78 is 13.4. The average molecular weight is 259 g/mol. The van der Waals surface area contributed by atoms with Crippen molar-refractivity contribution in [3.63, 3.8) is 0 Å². The number of nitrogens with one attached hydrogen (secondary N) is 1. The number of hydrogen-bond donors (Lipinski definition) is 2. The Morgan fingerprint density at radius 3 is 2.84 bits per heavy atom. The van der Waals surface area contributed by atoms with E-state index >= 15 is 0 Å². The number of benzene rings is 1. The van der Waals surface area contributed by atoms with Crippen molar-refractivity contribution >= 4 is 11.6 Å². The van der Waals surface area contributed by atoms with Crippen LogP contribution >= 0.6 is 0 Å². The number of pyridine rings is 1. The van der Waals surface area contributed by atoms with Crippen molar-refractivity contribution in [3.8, 4) is 0 Å². The van der Waals surface area contributed by atoms with Gasteiger partial charge in [0.15, 0.2) is 0 Å². The quantitative estimate of drug-likeness (QED) is 0.888. The maximum absolute atomic E-state index is 13.4. The molecular formula is C14H14FN3O. The van der Waals surface area contributed by atoms with E-state index in [2.05, 4.69) is 10.3 Å². The summed E-state index contributed by atoms with van der Waals surface area (Å²) in [5, 5.41) is 2.63. The third-order valence-electron chi connectivity index (χ3n) is 2.72. The number of amides is 1. The Balaban J connectivity index is 2.18. The van der Waals surface area contributed by atoms with Crippen LogP contribution in [0.5, 0.6) is 0 Å². The van der Waals surface area contributed by atoms with Gasteiger partial charge in [0, 0.05) is 24.0 Å². The fraction of sp³-hybridized carbons (Fsp3) is 0.143. The number of carbonyl (C=O) groups is 1. The van der Waals surface area contributed by atoms with Crippen LogP contribution in [-0.2, 0) is 6.54 Å². The number of carbonyl (C=O) groups excluding carboxylic acids is 1. The van der Waals surface area contributed by atoms with Crippen LogP contribution in [0.2, 0.25) is 0 Å². The molecule has 0 fully saturated rings. The number of rotatable bonds is 3. The topological polar surface area (TPSA) is 68.0 Å². The first kappa shape index (κ1) is 13.2. The van der Waals surface area contributed by atoms with E-state index in [0.717, 1.165) is 0 Å². The van der Waals surface area contributed by atoms with Gasteiger partial charge in [-0.25, -0.2) is 4.39 Å². The molecule has 0 atom stereocenters. The number of aromatic nitrogens is 1. The summed E-state index contributed by atoms with van der Waals surface area (Å²) >= 11 is 0. The highest BCUT2D eigenvalue weighted by molar-refractivity contribution is 6.04. The van der Waals surface area contributed by atoms with Gasteiger partial charge in [0.25, 0.3) is 5.91 Å². The number of halogens is 1. The lowest BCUT2D eigenvalue weighted by molar-refractivity contribution is 0.102. The number of nitrogens with two attached hydrogens (primary N) is 1. The number of anilines is 1. The van der Waals surface area contributed by atoms with E-state index in [-0.39, 0.29) is 18.3 Å². The van der Waals surface area contributed by atoms with Gasteiger partial charge in [-0.15, -0.1) is 0 Å². The minimum absolute atomic E-state index is 0.264. The van der Waals surface area contributed by atoms with Crippen molar-refractivity contribution in [2.24, 2.45) is 5.73 Å². The van der Waals surface area contributed by atoms with Crippen LogP contribution in [0, 0.1) is 12.7 Å². The van der Waals surface area contributed by atoms with E-state index in [1.807, 2.05) is 0 Å². The van der Waals surface area contributed by atoms with Crippen molar-refractivity contribution in [2.45, 2.75) is 13.5 Å². The summed E-state index contributed by atoms with van der Waals surface area (Å²) in [4.78, 5) is 16.0. The van der Waals surface area contributed by atoms with Crippen molar-refractivity contribution < 1.29 is 9.18 Å². The predicted octanol–water partition coefficient (Wildman–Crippen LogP) is 2.24. The van der Waals surface area contributed by atoms with Gasteiger partial charge in [-0.05, 0) is 36.8 Å². The van der Waals surface area contributed by atoms with Crippen LogP contribution in [0.3, 0.4) is 0 Å². The Hall–Kier alpha value is -2.27. The van der Waals surface area contributed by atoms with Crippen LogP contribution in [0.25, 0.3) is 0 Å². The lowest BCUT2D eigenvalue weighted by Crippen LogP contribution is -2.13. The molecule has 98 valence electrons. The lowest BCUT2D eigenvalue weighted by atomic mass is 10.2. The monoisotopic (exact) mass is 259 g/mol. The predicted molar refractivity (Wildman–Crippen MR) is 71.2 cm³/mol. The third kappa shape index (κ3) is 3.14. The standard InChI is InChI=1S/C14H14FN3O/c1-9-2-3-11(7-13(9)15)18-14(19)10-4-5-17-12(6-10)8-16/h2-7H,8,16H2,1H3,(H,18,19). The molecule has 0 spiro atoms. The summed E-state index contributed by atoms with van der Waals surface area (Å²) in [7, 11) is 0. The van der Waals surface area contributed by atoms with Gasteiger partial charge in [-0.2, -0.15) is 0 Å². The van der Waals surface area contributed by atoms with Crippen LogP contribution in [0.15, 0.2) is 36.5 Å². The summed E-state index contributed by atoms with van der Waals surface area (Å²) in [5.74, 6) is -0.671. The smallest absolute Gasteiger partial charge is 0.255 e. The average Bonchev–Trinajstić information content (AvgIpc) is 2.43. The SMILES string of the molecule is Cc1ccc(NC(=O)c2ccnc(CN)c2)cc1F. The first-order chi connectivity index (χ1) is 9.10. The van der Waals surface area contributed by atoms with Crippen LogP contribution in [0.1, 0.15) is 21.6 Å². The maximum Gasteiger partial charge on any atom is 0.255 e. The summed E-state index contributed by atoms with van der Waals surface area (Å²) in [6.07, 6.45) is 1.52. The van der Waals surface area contributed by atoms with Gasteiger partial charge in [-0.1, -0.05) is 6.07 Å². The Morgan fingerprint density at radius 2 is 2.16 bits per heavy atom. The molecule has 1 heterocycles. The molecule has 5 heteroatoms. The highest BCUT2D eigenvalue weighted by Crippen LogP contribution is 2.14. The van der Waals surface area contributed by atoms with E-state index in [9.17, 15) is 9.18 Å². The van der Waals surface area contributed by atoms with Gasteiger partial charge in [0.1, 0.15) is 5.82 Å². The van der Waals surface area contributed by atoms with Crippen molar-refractivity contribution in [1.29, 1.82) is 0 Å². The zero-order chi connectivity index (χ0) is 13.8. The molecule has 3 N–H and O–H groups in total. The van der Waals surface area contributed by atoms with Crippen molar-refractivity contribution in [2.75, 3.05) is 5.32 Å². The summed E-state index contributed by atoms with van der Waals surface area (Å²) in [5.41, 5.74) is 7.48. The molecule has 0 saturated heterocycles. The van der Waals surface area contributed by atoms with Gasteiger partial charge in [-0.3, -0.25) is 9.78 Å². The third-order valence-corrected chi connectivity index (χ3v) is 2.72. The fourth-order valence-corrected chi connectivity index (χ4v) is 1.60. The van der Waals surface area contributed by atoms with Crippen LogP contribution in [0.4, 0.5) is 10.1 Å². The largest absolute Gasteiger partial charge is 0.325 e. The normalized spacial score (nSPS) is 10.3. The van der Waals surface area contributed by atoms with Gasteiger partial charge < -0.3 is 11.1 Å². The Kier molecular flexibility index (Phi) is 3.87. The molecule has 0 saturated carbocycles.